The van der Waals surface area contributed by atoms with E-state index in [1.807, 2.05) is 91.0 Å². The Morgan fingerprint density at radius 1 is 0.867 bits per heavy atom. The van der Waals surface area contributed by atoms with Gasteiger partial charge in [0, 0.05) is 5.02 Å². The normalized spacial score (nSPS) is 15.1. The van der Waals surface area contributed by atoms with Gasteiger partial charge in [-0.2, -0.15) is 0 Å². The van der Waals surface area contributed by atoms with E-state index in [0.717, 1.165) is 22.6 Å². The molecule has 0 aliphatic carbocycles. The Morgan fingerprint density at radius 2 is 1.57 bits per heavy atom. The highest BCUT2D eigenvalue weighted by atomic mass is 35.5. The van der Waals surface area contributed by atoms with Crippen molar-refractivity contribution in [2.24, 2.45) is 4.99 Å². The zero-order valence-corrected chi connectivity index (χ0v) is 17.1. The molecule has 3 aromatic carbocycles. The molecule has 0 unspecified atom stereocenters. The van der Waals surface area contributed by atoms with Crippen LogP contribution in [0.2, 0.25) is 5.02 Å². The van der Waals surface area contributed by atoms with Crippen molar-refractivity contribution in [2.45, 2.75) is 0 Å². The molecule has 5 heteroatoms. The minimum atomic E-state index is -0.181. The molecule has 148 valence electrons. The van der Waals surface area contributed by atoms with Crippen LogP contribution in [-0.2, 0) is 4.79 Å². The number of hydrogen-bond acceptors (Lipinski definition) is 3. The van der Waals surface area contributed by atoms with Crippen LogP contribution in [0.15, 0.2) is 95.6 Å². The molecule has 1 aliphatic heterocycles. The van der Waals surface area contributed by atoms with Gasteiger partial charge in [-0.25, -0.2) is 4.99 Å². The van der Waals surface area contributed by atoms with Crippen LogP contribution in [0.5, 0.6) is 5.75 Å². The molecule has 30 heavy (non-hydrogen) atoms. The first-order valence-electron chi connectivity index (χ1n) is 9.41. The van der Waals surface area contributed by atoms with Crippen molar-refractivity contribution >= 4 is 41.2 Å². The number of halogens is 1. The number of aliphatic imine (C=N–C) groups is 1. The van der Waals surface area contributed by atoms with Gasteiger partial charge in [0.25, 0.3) is 5.91 Å². The highest BCUT2D eigenvalue weighted by Crippen LogP contribution is 2.27. The predicted octanol–water partition coefficient (Wildman–Crippen LogP) is 5.85. The van der Waals surface area contributed by atoms with Gasteiger partial charge >= 0.3 is 0 Å². The van der Waals surface area contributed by atoms with E-state index in [1.165, 1.54) is 0 Å². The lowest BCUT2D eigenvalue weighted by atomic mass is 10.2. The third-order valence-corrected chi connectivity index (χ3v) is 4.87. The molecular weight excluding hydrogens is 396 g/mol. The third kappa shape index (κ3) is 4.34. The largest absolute Gasteiger partial charge is 0.497 e. The van der Waals surface area contributed by atoms with Crippen molar-refractivity contribution < 1.29 is 9.53 Å². The zero-order chi connectivity index (χ0) is 20.9. The summed E-state index contributed by atoms with van der Waals surface area (Å²) in [7, 11) is 1.61. The summed E-state index contributed by atoms with van der Waals surface area (Å²) in [6.07, 6.45) is 5.53. The Morgan fingerprint density at radius 3 is 2.23 bits per heavy atom. The number of hydrogen-bond donors (Lipinski definition) is 0. The SMILES string of the molecule is COc1ccc(N2C(=O)/C(=C\c3ccccc3)N=C2/C=C/c2ccc(Cl)cc2)cc1. The average molecular weight is 415 g/mol. The molecule has 0 radical (unpaired) electrons. The molecule has 4 rings (SSSR count). The number of carbonyl (C=O) groups is 1. The molecule has 1 aliphatic rings. The van der Waals surface area contributed by atoms with Crippen LogP contribution >= 0.6 is 11.6 Å². The Hall–Kier alpha value is -3.63. The van der Waals surface area contributed by atoms with Crippen LogP contribution in [0, 0.1) is 0 Å². The molecule has 0 atom stereocenters. The minimum Gasteiger partial charge on any atom is -0.497 e. The number of amidine groups is 1. The molecule has 4 nitrogen and oxygen atoms in total. The molecule has 0 aromatic heterocycles. The number of methoxy groups -OCH3 is 1. The lowest BCUT2D eigenvalue weighted by molar-refractivity contribution is -0.113. The Bertz CT molecular complexity index is 1130. The fourth-order valence-electron chi connectivity index (χ4n) is 3.08. The van der Waals surface area contributed by atoms with Crippen LogP contribution in [0.1, 0.15) is 11.1 Å². The van der Waals surface area contributed by atoms with Crippen molar-refractivity contribution in [1.29, 1.82) is 0 Å². The number of nitrogens with zero attached hydrogens (tertiary/aromatic N) is 2. The van der Waals surface area contributed by atoms with E-state index in [2.05, 4.69) is 4.99 Å². The standard InChI is InChI=1S/C25H19ClN2O2/c1-30-22-14-12-21(13-15-22)28-24(16-9-18-7-10-20(26)11-8-18)27-23(25(28)29)17-19-5-3-2-4-6-19/h2-17H,1H3/b16-9+,23-17+. The first kappa shape index (κ1) is 19.7. The van der Waals surface area contributed by atoms with Gasteiger partial charge in [0.1, 0.15) is 17.3 Å². The maximum absolute atomic E-state index is 13.2. The van der Waals surface area contributed by atoms with Gasteiger partial charge < -0.3 is 4.74 Å². The lowest BCUT2D eigenvalue weighted by Gasteiger charge is -2.16. The van der Waals surface area contributed by atoms with E-state index in [9.17, 15) is 4.79 Å². The topological polar surface area (TPSA) is 41.9 Å². The summed E-state index contributed by atoms with van der Waals surface area (Å²) in [6.45, 7) is 0. The van der Waals surface area contributed by atoms with E-state index in [4.69, 9.17) is 16.3 Å². The molecular formula is C25H19ClN2O2. The molecule has 3 aromatic rings. The minimum absolute atomic E-state index is 0.181. The van der Waals surface area contributed by atoms with E-state index in [1.54, 1.807) is 18.1 Å². The fourth-order valence-corrected chi connectivity index (χ4v) is 3.20. The van der Waals surface area contributed by atoms with Crippen LogP contribution in [0.4, 0.5) is 5.69 Å². The monoisotopic (exact) mass is 414 g/mol. The number of anilines is 1. The van der Waals surface area contributed by atoms with E-state index < -0.39 is 0 Å². The van der Waals surface area contributed by atoms with Crippen LogP contribution in [0.25, 0.3) is 12.2 Å². The highest BCUT2D eigenvalue weighted by Gasteiger charge is 2.30. The highest BCUT2D eigenvalue weighted by molar-refractivity contribution is 6.32. The summed E-state index contributed by atoms with van der Waals surface area (Å²) >= 11 is 5.96. The first-order valence-corrected chi connectivity index (χ1v) is 9.79. The van der Waals surface area contributed by atoms with Crippen molar-refractivity contribution in [2.75, 3.05) is 12.0 Å². The molecule has 0 saturated carbocycles. The van der Waals surface area contributed by atoms with E-state index >= 15 is 0 Å². The predicted molar refractivity (Wildman–Crippen MR) is 123 cm³/mol. The second-order valence-corrected chi connectivity index (χ2v) is 7.07. The summed E-state index contributed by atoms with van der Waals surface area (Å²) in [5.41, 5.74) is 2.98. The zero-order valence-electron chi connectivity index (χ0n) is 16.3. The number of carbonyl (C=O) groups excluding carboxylic acids is 1. The van der Waals surface area contributed by atoms with Gasteiger partial charge in [0.15, 0.2) is 0 Å². The van der Waals surface area contributed by atoms with E-state index in [0.29, 0.717) is 16.6 Å². The van der Waals surface area contributed by atoms with Crippen LogP contribution < -0.4 is 9.64 Å². The summed E-state index contributed by atoms with van der Waals surface area (Å²) in [5.74, 6) is 1.09. The van der Waals surface area contributed by atoms with Crippen molar-refractivity contribution in [3.05, 3.63) is 107 Å². The molecule has 0 saturated heterocycles. The van der Waals surface area contributed by atoms with Crippen LogP contribution in [-0.4, -0.2) is 18.9 Å². The first-order chi connectivity index (χ1) is 14.6. The summed E-state index contributed by atoms with van der Waals surface area (Å²) in [4.78, 5) is 19.4. The van der Waals surface area contributed by atoms with Gasteiger partial charge in [-0.3, -0.25) is 9.69 Å². The Labute approximate surface area is 180 Å². The van der Waals surface area contributed by atoms with Crippen molar-refractivity contribution in [1.82, 2.24) is 0 Å². The maximum atomic E-state index is 13.2. The van der Waals surface area contributed by atoms with Gasteiger partial charge in [-0.05, 0) is 59.7 Å². The molecule has 0 bridgehead atoms. The molecule has 1 heterocycles. The van der Waals surface area contributed by atoms with Gasteiger partial charge in [0.2, 0.25) is 0 Å². The fraction of sp³-hybridized carbons (Fsp3) is 0.0400. The average Bonchev–Trinajstić information content (AvgIpc) is 3.09. The second kappa shape index (κ2) is 8.80. The molecule has 0 N–H and O–H groups in total. The molecule has 1 amide bonds. The van der Waals surface area contributed by atoms with Gasteiger partial charge in [0.05, 0.1) is 12.8 Å². The molecule has 0 fully saturated rings. The Kier molecular flexibility index (Phi) is 5.77. The third-order valence-electron chi connectivity index (χ3n) is 4.61. The van der Waals surface area contributed by atoms with E-state index in [-0.39, 0.29) is 5.91 Å². The number of ether oxygens (including phenoxy) is 1. The summed E-state index contributed by atoms with van der Waals surface area (Å²) in [5, 5.41) is 0.675. The van der Waals surface area contributed by atoms with Gasteiger partial charge in [-0.15, -0.1) is 0 Å². The second-order valence-electron chi connectivity index (χ2n) is 6.63. The van der Waals surface area contributed by atoms with Crippen LogP contribution in [0.3, 0.4) is 0 Å². The van der Waals surface area contributed by atoms with Crippen molar-refractivity contribution in [3.8, 4) is 5.75 Å². The number of benzene rings is 3. The number of rotatable bonds is 5. The number of amides is 1. The van der Waals surface area contributed by atoms with Gasteiger partial charge in [-0.1, -0.05) is 60.1 Å². The lowest BCUT2D eigenvalue weighted by Crippen LogP contribution is -2.30. The van der Waals surface area contributed by atoms with Crippen molar-refractivity contribution in [3.63, 3.8) is 0 Å². The quantitative estimate of drug-likeness (QED) is 0.491. The summed E-state index contributed by atoms with van der Waals surface area (Å²) < 4.78 is 5.23. The smallest absolute Gasteiger partial charge is 0.282 e. The maximum Gasteiger partial charge on any atom is 0.282 e. The molecule has 0 spiro atoms. The Balaban J connectivity index is 1.72. The summed E-state index contributed by atoms with van der Waals surface area (Å²) in [6, 6.07) is 24.5.